The Morgan fingerprint density at radius 1 is 1.23 bits per heavy atom. The molecule has 0 bridgehead atoms. The average Bonchev–Trinajstić information content (AvgIpc) is 3.44. The molecule has 0 saturated carbocycles. The number of nitrogens with one attached hydrogen (secondary N) is 5. The molecule has 1 aliphatic rings. The van der Waals surface area contributed by atoms with Crippen LogP contribution in [-0.4, -0.2) is 81.5 Å². The summed E-state index contributed by atoms with van der Waals surface area (Å²) >= 11 is 1.50. The molecule has 172 valence electrons. The number of hydrogen-bond donors (Lipinski definition) is 6. The number of amides is 3. The van der Waals surface area contributed by atoms with E-state index in [0.717, 1.165) is 13.0 Å². The van der Waals surface area contributed by atoms with Crippen molar-refractivity contribution in [3.05, 3.63) is 18.2 Å². The standard InChI is InChI=1S/C19H30N6O5S/c1-11(19(29)30)23-17(27)14(5-7-31-2)24-18(28)15(8-12-9-20-10-22-12)25-16(26)13-4-3-6-21-13/h9-11,13-15,21H,3-8H2,1-2H3,(H,20,22)(H,23,27)(H,24,28)(H,25,26)(H,29,30). The van der Waals surface area contributed by atoms with E-state index < -0.39 is 35.9 Å². The highest BCUT2D eigenvalue weighted by atomic mass is 32.2. The van der Waals surface area contributed by atoms with Crippen molar-refractivity contribution >= 4 is 35.5 Å². The molecule has 0 radical (unpaired) electrons. The molecule has 4 atom stereocenters. The molecule has 1 aliphatic heterocycles. The number of aliphatic carboxylic acids is 1. The van der Waals surface area contributed by atoms with Crippen LogP contribution in [-0.2, 0) is 25.6 Å². The van der Waals surface area contributed by atoms with Crippen molar-refractivity contribution in [3.8, 4) is 0 Å². The molecule has 1 fully saturated rings. The lowest BCUT2D eigenvalue weighted by Gasteiger charge is -2.24. The number of imidazole rings is 1. The number of carboxylic acids is 1. The molecule has 2 rings (SSSR count). The van der Waals surface area contributed by atoms with Gasteiger partial charge in [0.25, 0.3) is 0 Å². The molecule has 3 amide bonds. The summed E-state index contributed by atoms with van der Waals surface area (Å²) < 4.78 is 0. The van der Waals surface area contributed by atoms with Crippen molar-refractivity contribution in [2.75, 3.05) is 18.6 Å². The molecule has 12 heteroatoms. The Hall–Kier alpha value is -2.60. The normalized spacial score (nSPS) is 18.6. The third kappa shape index (κ3) is 7.87. The smallest absolute Gasteiger partial charge is 0.325 e. The van der Waals surface area contributed by atoms with E-state index >= 15 is 0 Å². The molecule has 0 aliphatic carbocycles. The molecular weight excluding hydrogens is 424 g/mol. The lowest BCUT2D eigenvalue weighted by Crippen LogP contribution is -2.57. The predicted molar refractivity (Wildman–Crippen MR) is 115 cm³/mol. The Kier molecular flexibility index (Phi) is 9.79. The number of aromatic amines is 1. The molecule has 0 spiro atoms. The number of hydrogen-bond acceptors (Lipinski definition) is 7. The Balaban J connectivity index is 2.09. The minimum atomic E-state index is -1.17. The van der Waals surface area contributed by atoms with Crippen molar-refractivity contribution in [2.45, 2.75) is 56.8 Å². The highest BCUT2D eigenvalue weighted by molar-refractivity contribution is 7.98. The van der Waals surface area contributed by atoms with Gasteiger partial charge in [-0.3, -0.25) is 19.2 Å². The highest BCUT2D eigenvalue weighted by Gasteiger charge is 2.31. The fourth-order valence-corrected chi connectivity index (χ4v) is 3.63. The van der Waals surface area contributed by atoms with Gasteiger partial charge in [0, 0.05) is 18.3 Å². The molecule has 0 aromatic carbocycles. The summed E-state index contributed by atoms with van der Waals surface area (Å²) in [5.74, 6) is -1.96. The Morgan fingerprint density at radius 2 is 1.97 bits per heavy atom. The van der Waals surface area contributed by atoms with Crippen molar-refractivity contribution in [2.24, 2.45) is 0 Å². The minimum absolute atomic E-state index is 0.173. The maximum atomic E-state index is 13.0. The van der Waals surface area contributed by atoms with Gasteiger partial charge in [0.05, 0.1) is 12.4 Å². The van der Waals surface area contributed by atoms with Crippen molar-refractivity contribution in [3.63, 3.8) is 0 Å². The van der Waals surface area contributed by atoms with E-state index in [2.05, 4.69) is 31.2 Å². The zero-order chi connectivity index (χ0) is 22.8. The summed E-state index contributed by atoms with van der Waals surface area (Å²) in [5.41, 5.74) is 0.657. The Labute approximate surface area is 184 Å². The van der Waals surface area contributed by atoms with Gasteiger partial charge >= 0.3 is 5.97 Å². The Bertz CT molecular complexity index is 753. The molecule has 1 aromatic rings. The van der Waals surface area contributed by atoms with E-state index in [4.69, 9.17) is 5.11 Å². The monoisotopic (exact) mass is 454 g/mol. The van der Waals surface area contributed by atoms with Gasteiger partial charge in [-0.2, -0.15) is 11.8 Å². The lowest BCUT2D eigenvalue weighted by atomic mass is 10.1. The van der Waals surface area contributed by atoms with Crippen molar-refractivity contribution in [1.82, 2.24) is 31.2 Å². The van der Waals surface area contributed by atoms with E-state index in [9.17, 15) is 19.2 Å². The fourth-order valence-electron chi connectivity index (χ4n) is 3.16. The van der Waals surface area contributed by atoms with Gasteiger partial charge < -0.3 is 31.4 Å². The van der Waals surface area contributed by atoms with Gasteiger partial charge in [-0.15, -0.1) is 0 Å². The summed E-state index contributed by atoms with van der Waals surface area (Å²) in [6, 6.07) is -3.29. The average molecular weight is 455 g/mol. The molecule has 1 aromatic heterocycles. The second-order valence-corrected chi connectivity index (χ2v) is 8.39. The SMILES string of the molecule is CSCCC(NC(=O)C(Cc1cnc[nH]1)NC(=O)C1CCCN1)C(=O)NC(C)C(=O)O. The first-order valence-electron chi connectivity index (χ1n) is 10.1. The maximum Gasteiger partial charge on any atom is 0.325 e. The van der Waals surface area contributed by atoms with Crippen LogP contribution in [0, 0.1) is 0 Å². The van der Waals surface area contributed by atoms with Crippen LogP contribution < -0.4 is 21.3 Å². The summed E-state index contributed by atoms with van der Waals surface area (Å²) in [5, 5.41) is 20.0. The van der Waals surface area contributed by atoms with Crippen LogP contribution in [0.2, 0.25) is 0 Å². The van der Waals surface area contributed by atoms with E-state index in [1.807, 2.05) is 6.26 Å². The highest BCUT2D eigenvalue weighted by Crippen LogP contribution is 2.08. The van der Waals surface area contributed by atoms with E-state index in [1.54, 1.807) is 6.20 Å². The first-order valence-corrected chi connectivity index (χ1v) is 11.5. The molecule has 1 saturated heterocycles. The first kappa shape index (κ1) is 24.7. The van der Waals surface area contributed by atoms with Crippen LogP contribution >= 0.6 is 11.8 Å². The zero-order valence-electron chi connectivity index (χ0n) is 17.6. The van der Waals surface area contributed by atoms with Gasteiger partial charge in [0.1, 0.15) is 18.1 Å². The molecule has 4 unspecified atom stereocenters. The van der Waals surface area contributed by atoms with Crippen LogP contribution in [0.1, 0.15) is 31.9 Å². The second-order valence-electron chi connectivity index (χ2n) is 7.40. The summed E-state index contributed by atoms with van der Waals surface area (Å²) in [6.07, 6.45) is 6.98. The van der Waals surface area contributed by atoms with Gasteiger partial charge in [-0.25, -0.2) is 4.98 Å². The van der Waals surface area contributed by atoms with E-state index in [-0.39, 0.29) is 18.4 Å². The van der Waals surface area contributed by atoms with Crippen molar-refractivity contribution < 1.29 is 24.3 Å². The van der Waals surface area contributed by atoms with Crippen LogP contribution in [0.15, 0.2) is 12.5 Å². The minimum Gasteiger partial charge on any atom is -0.480 e. The van der Waals surface area contributed by atoms with Crippen LogP contribution in [0.4, 0.5) is 0 Å². The maximum absolute atomic E-state index is 13.0. The number of carboxylic acid groups (broad SMARTS) is 1. The molecular formula is C19H30N6O5S. The fraction of sp³-hybridized carbons (Fsp3) is 0.632. The quantitative estimate of drug-likeness (QED) is 0.234. The number of thioether (sulfide) groups is 1. The molecule has 6 N–H and O–H groups in total. The number of aromatic nitrogens is 2. The zero-order valence-corrected chi connectivity index (χ0v) is 18.5. The molecule has 31 heavy (non-hydrogen) atoms. The third-order valence-corrected chi connectivity index (χ3v) is 5.61. The van der Waals surface area contributed by atoms with Gasteiger partial charge in [-0.05, 0) is 44.7 Å². The number of nitrogens with zero attached hydrogens (tertiary/aromatic N) is 1. The van der Waals surface area contributed by atoms with E-state index in [0.29, 0.717) is 24.3 Å². The van der Waals surface area contributed by atoms with Gasteiger partial charge in [0.15, 0.2) is 0 Å². The predicted octanol–water partition coefficient (Wildman–Crippen LogP) is -0.984. The lowest BCUT2D eigenvalue weighted by molar-refractivity contribution is -0.141. The number of carbonyl (C=O) groups excluding carboxylic acids is 3. The van der Waals surface area contributed by atoms with E-state index in [1.165, 1.54) is 25.0 Å². The largest absolute Gasteiger partial charge is 0.480 e. The first-order chi connectivity index (χ1) is 14.8. The summed E-state index contributed by atoms with van der Waals surface area (Å²) in [7, 11) is 0. The van der Waals surface area contributed by atoms with Gasteiger partial charge in [-0.1, -0.05) is 0 Å². The van der Waals surface area contributed by atoms with Gasteiger partial charge in [0.2, 0.25) is 17.7 Å². The second kappa shape index (κ2) is 12.3. The number of rotatable bonds is 12. The van der Waals surface area contributed by atoms with Crippen molar-refractivity contribution in [1.29, 1.82) is 0 Å². The molecule has 2 heterocycles. The summed E-state index contributed by atoms with van der Waals surface area (Å²) in [4.78, 5) is 56.1. The number of H-pyrrole nitrogens is 1. The van der Waals surface area contributed by atoms with Crippen LogP contribution in [0.3, 0.4) is 0 Å². The molecule has 11 nitrogen and oxygen atoms in total. The third-order valence-electron chi connectivity index (χ3n) is 4.96. The summed E-state index contributed by atoms with van der Waals surface area (Å²) in [6.45, 7) is 2.09. The van der Waals surface area contributed by atoms with Crippen LogP contribution in [0.5, 0.6) is 0 Å². The topological polar surface area (TPSA) is 165 Å². The van der Waals surface area contributed by atoms with Crippen LogP contribution in [0.25, 0.3) is 0 Å². The Morgan fingerprint density at radius 3 is 2.55 bits per heavy atom. The number of carbonyl (C=O) groups is 4.